The summed E-state index contributed by atoms with van der Waals surface area (Å²) in [5, 5.41) is 0.198. The van der Waals surface area contributed by atoms with Crippen LogP contribution in [0.25, 0.3) is 0 Å². The van der Waals surface area contributed by atoms with Gasteiger partial charge in [0.2, 0.25) is 0 Å². The Morgan fingerprint density at radius 3 is 2.71 bits per heavy atom. The van der Waals surface area contributed by atoms with Crippen molar-refractivity contribution in [1.29, 1.82) is 0 Å². The van der Waals surface area contributed by atoms with Crippen LogP contribution in [0.4, 0.5) is 0 Å². The molecule has 0 amide bonds. The summed E-state index contributed by atoms with van der Waals surface area (Å²) in [6.45, 7) is 1.49. The average molecular weight is 340 g/mol. The van der Waals surface area contributed by atoms with E-state index in [0.717, 1.165) is 20.9 Å². The summed E-state index contributed by atoms with van der Waals surface area (Å²) >= 11 is 12.7. The highest BCUT2D eigenvalue weighted by Crippen LogP contribution is 2.27. The van der Waals surface area contributed by atoms with Crippen molar-refractivity contribution in [3.63, 3.8) is 0 Å². The smallest absolute Gasteiger partial charge is 0.152 e. The summed E-state index contributed by atoms with van der Waals surface area (Å²) in [4.78, 5) is 11.1. The number of benzene rings is 1. The van der Waals surface area contributed by atoms with E-state index in [9.17, 15) is 4.79 Å². The molecule has 1 atom stereocenters. The number of hydrogen-bond acceptors (Lipinski definition) is 1. The highest BCUT2D eigenvalue weighted by molar-refractivity contribution is 9.10. The van der Waals surface area contributed by atoms with E-state index in [0.29, 0.717) is 0 Å². The monoisotopic (exact) mass is 338 g/mol. The minimum absolute atomic E-state index is 0.0329. The van der Waals surface area contributed by atoms with Crippen molar-refractivity contribution in [2.45, 2.75) is 17.6 Å². The zero-order valence-corrected chi connectivity index (χ0v) is 11.5. The van der Waals surface area contributed by atoms with Gasteiger partial charge in [0.15, 0.2) is 5.78 Å². The van der Waals surface area contributed by atoms with Crippen molar-refractivity contribution < 1.29 is 4.79 Å². The molecule has 1 rings (SSSR count). The first-order chi connectivity index (χ1) is 6.56. The molecule has 0 saturated heterocycles. The van der Waals surface area contributed by atoms with Crippen LogP contribution in [-0.2, 0) is 10.1 Å². The molecule has 14 heavy (non-hydrogen) atoms. The third-order valence-electron chi connectivity index (χ3n) is 1.86. The van der Waals surface area contributed by atoms with Crippen molar-refractivity contribution in [3.05, 3.63) is 33.8 Å². The van der Waals surface area contributed by atoms with Crippen molar-refractivity contribution in [1.82, 2.24) is 0 Å². The molecule has 4 heteroatoms. The lowest BCUT2D eigenvalue weighted by Crippen LogP contribution is -2.02. The van der Waals surface area contributed by atoms with Gasteiger partial charge in [-0.15, -0.1) is 11.6 Å². The zero-order valence-electron chi connectivity index (χ0n) is 7.56. The topological polar surface area (TPSA) is 17.1 Å². The molecule has 1 unspecified atom stereocenters. The van der Waals surface area contributed by atoms with Crippen LogP contribution < -0.4 is 0 Å². The van der Waals surface area contributed by atoms with E-state index >= 15 is 0 Å². The quantitative estimate of drug-likeness (QED) is 0.753. The average Bonchev–Trinajstić information content (AvgIpc) is 2.17. The number of rotatable bonds is 3. The van der Waals surface area contributed by atoms with E-state index in [1.54, 1.807) is 0 Å². The van der Waals surface area contributed by atoms with Gasteiger partial charge >= 0.3 is 0 Å². The van der Waals surface area contributed by atoms with Gasteiger partial charge in [0.05, 0.1) is 0 Å². The maximum absolute atomic E-state index is 11.1. The molecule has 0 aliphatic heterocycles. The third-order valence-corrected chi connectivity index (χ3v) is 3.80. The molecule has 76 valence electrons. The van der Waals surface area contributed by atoms with Crippen LogP contribution in [0.1, 0.15) is 23.4 Å². The van der Waals surface area contributed by atoms with Gasteiger partial charge < -0.3 is 0 Å². The van der Waals surface area contributed by atoms with Crippen molar-refractivity contribution in [2.75, 3.05) is 0 Å². The second kappa shape index (κ2) is 5.29. The van der Waals surface area contributed by atoms with Crippen LogP contribution in [0.15, 0.2) is 22.7 Å². The first-order valence-corrected chi connectivity index (χ1v) is 6.40. The Bertz CT molecular complexity index is 352. The summed E-state index contributed by atoms with van der Waals surface area (Å²) in [6.07, 6.45) is 0. The number of Topliss-reactive ketones (excluding diaryl/α,β-unsaturated/α-hetero) is 1. The van der Waals surface area contributed by atoms with Crippen LogP contribution in [0.3, 0.4) is 0 Å². The first-order valence-electron chi connectivity index (χ1n) is 4.05. The second-order valence-electron chi connectivity index (χ2n) is 2.96. The number of halogens is 3. The van der Waals surface area contributed by atoms with Crippen LogP contribution in [0, 0.1) is 0 Å². The number of carbonyl (C=O) groups is 1. The summed E-state index contributed by atoms with van der Waals surface area (Å²) in [6, 6.07) is 5.69. The van der Waals surface area contributed by atoms with Crippen molar-refractivity contribution in [3.8, 4) is 0 Å². The summed E-state index contributed by atoms with van der Waals surface area (Å²) < 4.78 is 1.02. The van der Waals surface area contributed by atoms with Gasteiger partial charge in [0, 0.05) is 9.80 Å². The lowest BCUT2D eigenvalue weighted by molar-refractivity contribution is -0.116. The minimum Gasteiger partial charge on any atom is -0.298 e. The van der Waals surface area contributed by atoms with E-state index in [2.05, 4.69) is 31.9 Å². The molecule has 0 saturated carbocycles. The van der Waals surface area contributed by atoms with Crippen LogP contribution in [0.5, 0.6) is 0 Å². The Morgan fingerprint density at radius 2 is 2.21 bits per heavy atom. The maximum atomic E-state index is 11.1. The van der Waals surface area contributed by atoms with Crippen molar-refractivity contribution >= 4 is 49.2 Å². The molecule has 0 fully saturated rings. The van der Waals surface area contributed by atoms with E-state index in [-0.39, 0.29) is 5.78 Å². The molecule has 0 aliphatic carbocycles. The third kappa shape index (κ3) is 2.81. The SMILES string of the molecule is CC(=O)C(Cl)c1ccc(Br)c(CBr)c1. The fourth-order valence-electron chi connectivity index (χ4n) is 1.09. The molecule has 0 N–H and O–H groups in total. The van der Waals surface area contributed by atoms with Gasteiger partial charge in [-0.05, 0) is 24.1 Å². The van der Waals surface area contributed by atoms with Gasteiger partial charge in [0.25, 0.3) is 0 Å². The molecule has 0 aromatic heterocycles. The summed E-state index contributed by atoms with van der Waals surface area (Å²) in [5.74, 6) is -0.0329. The lowest BCUT2D eigenvalue weighted by Gasteiger charge is -2.08. The van der Waals surface area contributed by atoms with Gasteiger partial charge in [-0.25, -0.2) is 0 Å². The van der Waals surface area contributed by atoms with Gasteiger partial charge in [0.1, 0.15) is 5.38 Å². The number of hydrogen-bond donors (Lipinski definition) is 0. The molecule has 1 aromatic carbocycles. The second-order valence-corrected chi connectivity index (χ2v) is 4.81. The lowest BCUT2D eigenvalue weighted by atomic mass is 10.1. The predicted molar refractivity (Wildman–Crippen MR) is 66.0 cm³/mol. The minimum atomic E-state index is -0.541. The Balaban J connectivity index is 3.06. The molecule has 1 nitrogen and oxygen atoms in total. The first kappa shape index (κ1) is 12.2. The normalized spacial score (nSPS) is 12.6. The highest BCUT2D eigenvalue weighted by Gasteiger charge is 2.13. The Morgan fingerprint density at radius 1 is 1.57 bits per heavy atom. The molecule has 0 bridgehead atoms. The van der Waals surface area contributed by atoms with E-state index < -0.39 is 5.38 Å². The number of carbonyl (C=O) groups excluding carboxylic acids is 1. The maximum Gasteiger partial charge on any atom is 0.152 e. The van der Waals surface area contributed by atoms with Crippen LogP contribution >= 0.6 is 43.5 Å². The Labute approximate surface area is 105 Å². The summed E-state index contributed by atoms with van der Waals surface area (Å²) in [7, 11) is 0. The molecule has 0 heterocycles. The molecular formula is C10H9Br2ClO. The molecule has 0 radical (unpaired) electrons. The van der Waals surface area contributed by atoms with Crippen LogP contribution in [-0.4, -0.2) is 5.78 Å². The Hall–Kier alpha value is 0.140. The van der Waals surface area contributed by atoms with Gasteiger partial charge in [-0.2, -0.15) is 0 Å². The van der Waals surface area contributed by atoms with E-state index in [1.807, 2.05) is 18.2 Å². The zero-order chi connectivity index (χ0) is 10.7. The van der Waals surface area contributed by atoms with Crippen molar-refractivity contribution in [2.24, 2.45) is 0 Å². The largest absolute Gasteiger partial charge is 0.298 e. The molecule has 0 aliphatic rings. The van der Waals surface area contributed by atoms with Crippen LogP contribution in [0.2, 0.25) is 0 Å². The fraction of sp³-hybridized carbons (Fsp3) is 0.300. The Kier molecular flexibility index (Phi) is 4.61. The highest BCUT2D eigenvalue weighted by atomic mass is 79.9. The molecule has 1 aromatic rings. The standard InChI is InChI=1S/C10H9Br2ClO/c1-6(14)10(13)7-2-3-9(12)8(4-7)5-11/h2-4,10H,5H2,1H3. The number of alkyl halides is 2. The predicted octanol–water partition coefficient (Wildman–Crippen LogP) is 4.21. The fourth-order valence-corrected chi connectivity index (χ4v) is 2.45. The van der Waals surface area contributed by atoms with Gasteiger partial charge in [-0.3, -0.25) is 4.79 Å². The van der Waals surface area contributed by atoms with Gasteiger partial charge in [-0.1, -0.05) is 44.0 Å². The number of ketones is 1. The molecular weight excluding hydrogens is 331 g/mol. The summed E-state index contributed by atoms with van der Waals surface area (Å²) in [5.41, 5.74) is 1.94. The molecule has 0 spiro atoms. The van der Waals surface area contributed by atoms with E-state index in [1.165, 1.54) is 6.92 Å². The van der Waals surface area contributed by atoms with E-state index in [4.69, 9.17) is 11.6 Å².